The molecule has 0 aromatic carbocycles. The lowest BCUT2D eigenvalue weighted by Crippen LogP contribution is -2.41. The van der Waals surface area contributed by atoms with Gasteiger partial charge in [-0.2, -0.15) is 0 Å². The molecule has 1 amide bonds. The first-order valence-corrected chi connectivity index (χ1v) is 8.84. The molecule has 8 heteroatoms. The second-order valence-electron chi connectivity index (χ2n) is 4.89. The van der Waals surface area contributed by atoms with Crippen molar-refractivity contribution in [3.8, 4) is 0 Å². The maximum absolute atomic E-state index is 11.5. The number of carbonyl (C=O) groups excluding carboxylic acids is 1. The van der Waals surface area contributed by atoms with Gasteiger partial charge in [-0.3, -0.25) is 4.79 Å². The number of carbonyl (C=O) groups is 1. The van der Waals surface area contributed by atoms with Gasteiger partial charge in [-0.25, -0.2) is 4.99 Å². The van der Waals surface area contributed by atoms with Crippen LogP contribution in [0.25, 0.3) is 0 Å². The van der Waals surface area contributed by atoms with Gasteiger partial charge in [0.05, 0.1) is 10.3 Å². The summed E-state index contributed by atoms with van der Waals surface area (Å²) in [5.41, 5.74) is 0. The molecule has 0 bridgehead atoms. The number of guanidine groups is 1. The SMILES string of the molecule is CCNC(=NCc1ccc(Br)s1)NCCNC(=O)C1CC1.I. The number of hydrogen-bond acceptors (Lipinski definition) is 3. The molecule has 1 saturated carbocycles. The Bertz CT molecular complexity index is 505. The molecule has 0 atom stereocenters. The summed E-state index contributed by atoms with van der Waals surface area (Å²) >= 11 is 5.14. The molecule has 1 aliphatic rings. The average molecular weight is 501 g/mol. The third-order valence-corrected chi connectivity index (χ3v) is 4.64. The molecule has 1 heterocycles. The van der Waals surface area contributed by atoms with Gasteiger partial charge < -0.3 is 16.0 Å². The van der Waals surface area contributed by atoms with Gasteiger partial charge in [-0.1, -0.05) is 0 Å². The average Bonchev–Trinajstić information content (AvgIpc) is 3.24. The highest BCUT2D eigenvalue weighted by Gasteiger charge is 2.28. The number of amides is 1. The molecular weight excluding hydrogens is 479 g/mol. The van der Waals surface area contributed by atoms with E-state index in [4.69, 9.17) is 0 Å². The lowest BCUT2D eigenvalue weighted by atomic mass is 10.4. The van der Waals surface area contributed by atoms with Crippen LogP contribution in [-0.4, -0.2) is 31.5 Å². The van der Waals surface area contributed by atoms with E-state index in [1.165, 1.54) is 4.88 Å². The summed E-state index contributed by atoms with van der Waals surface area (Å²) in [5.74, 6) is 1.23. The summed E-state index contributed by atoms with van der Waals surface area (Å²) in [6.45, 7) is 4.81. The molecule has 0 aliphatic heterocycles. The van der Waals surface area contributed by atoms with Crippen LogP contribution in [-0.2, 0) is 11.3 Å². The van der Waals surface area contributed by atoms with Crippen molar-refractivity contribution in [1.29, 1.82) is 0 Å². The molecule has 1 aliphatic carbocycles. The normalized spacial score (nSPS) is 14.2. The Balaban J connectivity index is 0.00000242. The van der Waals surface area contributed by atoms with Gasteiger partial charge in [0, 0.05) is 30.4 Å². The standard InChI is InChI=1S/C14H21BrN4OS.HI/c1-2-16-14(19-9-11-5-6-12(15)21-11)18-8-7-17-13(20)10-3-4-10;/h5-6,10H,2-4,7-9H2,1H3,(H,17,20)(H2,16,18,19);1H. The van der Waals surface area contributed by atoms with Crippen LogP contribution >= 0.6 is 51.2 Å². The zero-order valence-corrected chi connectivity index (χ0v) is 17.3. The molecule has 0 unspecified atom stereocenters. The largest absolute Gasteiger partial charge is 0.357 e. The minimum absolute atomic E-state index is 0. The van der Waals surface area contributed by atoms with E-state index in [1.54, 1.807) is 11.3 Å². The maximum atomic E-state index is 11.5. The lowest BCUT2D eigenvalue weighted by Gasteiger charge is -2.11. The van der Waals surface area contributed by atoms with Crippen molar-refractivity contribution < 1.29 is 4.79 Å². The predicted molar refractivity (Wildman–Crippen MR) is 106 cm³/mol. The predicted octanol–water partition coefficient (Wildman–Crippen LogP) is 2.71. The topological polar surface area (TPSA) is 65.5 Å². The van der Waals surface area contributed by atoms with Crippen molar-refractivity contribution in [1.82, 2.24) is 16.0 Å². The molecular formula is C14H22BrIN4OS. The minimum Gasteiger partial charge on any atom is -0.357 e. The first-order chi connectivity index (χ1) is 10.2. The zero-order chi connectivity index (χ0) is 15.1. The third kappa shape index (κ3) is 7.28. The highest BCUT2D eigenvalue weighted by Crippen LogP contribution is 2.28. The van der Waals surface area contributed by atoms with Crippen LogP contribution in [0.15, 0.2) is 20.9 Å². The van der Waals surface area contributed by atoms with Gasteiger partial charge in [-0.05, 0) is 47.8 Å². The van der Waals surface area contributed by atoms with Crippen LogP contribution in [0.4, 0.5) is 0 Å². The van der Waals surface area contributed by atoms with E-state index < -0.39 is 0 Å². The molecule has 0 spiro atoms. The van der Waals surface area contributed by atoms with Crippen LogP contribution in [0.3, 0.4) is 0 Å². The fourth-order valence-electron chi connectivity index (χ4n) is 1.79. The summed E-state index contributed by atoms with van der Waals surface area (Å²) in [4.78, 5) is 17.2. The van der Waals surface area contributed by atoms with E-state index in [0.717, 1.165) is 29.1 Å². The van der Waals surface area contributed by atoms with Gasteiger partial charge in [-0.15, -0.1) is 35.3 Å². The Morgan fingerprint density at radius 3 is 2.64 bits per heavy atom. The second kappa shape index (κ2) is 10.4. The fraction of sp³-hybridized carbons (Fsp3) is 0.571. The smallest absolute Gasteiger partial charge is 0.223 e. The number of halogens is 2. The van der Waals surface area contributed by atoms with Crippen LogP contribution < -0.4 is 16.0 Å². The summed E-state index contributed by atoms with van der Waals surface area (Å²) < 4.78 is 1.12. The molecule has 2 rings (SSSR count). The summed E-state index contributed by atoms with van der Waals surface area (Å²) in [7, 11) is 0. The maximum Gasteiger partial charge on any atom is 0.223 e. The van der Waals surface area contributed by atoms with Gasteiger partial charge in [0.1, 0.15) is 0 Å². The number of hydrogen-bond donors (Lipinski definition) is 3. The van der Waals surface area contributed by atoms with Gasteiger partial charge in [0.25, 0.3) is 0 Å². The van der Waals surface area contributed by atoms with Crippen LogP contribution in [0.2, 0.25) is 0 Å². The van der Waals surface area contributed by atoms with Crippen LogP contribution in [0.5, 0.6) is 0 Å². The van der Waals surface area contributed by atoms with Crippen molar-refractivity contribution in [2.75, 3.05) is 19.6 Å². The van der Waals surface area contributed by atoms with E-state index in [-0.39, 0.29) is 35.8 Å². The number of rotatable bonds is 7. The fourth-order valence-corrected chi connectivity index (χ4v) is 3.20. The van der Waals surface area contributed by atoms with Crippen LogP contribution in [0, 0.1) is 5.92 Å². The lowest BCUT2D eigenvalue weighted by molar-refractivity contribution is -0.122. The first-order valence-electron chi connectivity index (χ1n) is 7.23. The van der Waals surface area contributed by atoms with Gasteiger partial charge in [0.2, 0.25) is 5.91 Å². The number of thiophene rings is 1. The monoisotopic (exact) mass is 500 g/mol. The molecule has 1 aromatic rings. The molecule has 124 valence electrons. The summed E-state index contributed by atoms with van der Waals surface area (Å²) in [6, 6.07) is 4.10. The Hall–Kier alpha value is -0.350. The van der Waals surface area contributed by atoms with E-state index in [0.29, 0.717) is 19.6 Å². The third-order valence-electron chi connectivity index (χ3n) is 3.03. The molecule has 22 heavy (non-hydrogen) atoms. The van der Waals surface area contributed by atoms with E-state index in [9.17, 15) is 4.79 Å². The van der Waals surface area contributed by atoms with E-state index in [2.05, 4.69) is 42.9 Å². The van der Waals surface area contributed by atoms with E-state index >= 15 is 0 Å². The van der Waals surface area contributed by atoms with E-state index in [1.807, 2.05) is 13.0 Å². The molecule has 1 fully saturated rings. The number of nitrogens with zero attached hydrogens (tertiary/aromatic N) is 1. The molecule has 3 N–H and O–H groups in total. The van der Waals surface area contributed by atoms with Crippen molar-refractivity contribution in [2.45, 2.75) is 26.3 Å². The second-order valence-corrected chi connectivity index (χ2v) is 7.44. The number of aliphatic imine (C=N–C) groups is 1. The minimum atomic E-state index is 0. The van der Waals surface area contributed by atoms with Crippen molar-refractivity contribution in [3.63, 3.8) is 0 Å². The molecule has 0 saturated heterocycles. The number of nitrogens with one attached hydrogen (secondary N) is 3. The van der Waals surface area contributed by atoms with Crippen LogP contribution in [0.1, 0.15) is 24.6 Å². The zero-order valence-electron chi connectivity index (χ0n) is 12.5. The Morgan fingerprint density at radius 2 is 2.05 bits per heavy atom. The summed E-state index contributed by atoms with van der Waals surface area (Å²) in [5, 5.41) is 9.36. The quantitative estimate of drug-likeness (QED) is 0.233. The van der Waals surface area contributed by atoms with Crippen molar-refractivity contribution in [3.05, 3.63) is 20.8 Å². The van der Waals surface area contributed by atoms with Gasteiger partial charge in [0.15, 0.2) is 5.96 Å². The van der Waals surface area contributed by atoms with Crippen molar-refractivity contribution in [2.24, 2.45) is 10.9 Å². The summed E-state index contributed by atoms with van der Waals surface area (Å²) in [6.07, 6.45) is 2.08. The molecule has 0 radical (unpaired) electrons. The highest BCUT2D eigenvalue weighted by molar-refractivity contribution is 14.0. The Kier molecular flexibility index (Phi) is 9.34. The molecule has 5 nitrogen and oxygen atoms in total. The first kappa shape index (κ1) is 19.7. The van der Waals surface area contributed by atoms with Crippen molar-refractivity contribution >= 4 is 63.1 Å². The molecule has 1 aromatic heterocycles. The highest BCUT2D eigenvalue weighted by atomic mass is 127. The Morgan fingerprint density at radius 1 is 1.32 bits per heavy atom. The van der Waals surface area contributed by atoms with Gasteiger partial charge >= 0.3 is 0 Å². The Labute approximate surface area is 160 Å².